The van der Waals surface area contributed by atoms with Crippen molar-refractivity contribution in [2.75, 3.05) is 18.1 Å². The molecular formula is C26H26N2O5S. The van der Waals surface area contributed by atoms with Gasteiger partial charge in [-0.15, -0.1) is 11.3 Å². The second kappa shape index (κ2) is 9.69. The lowest BCUT2D eigenvalue weighted by Crippen LogP contribution is -2.31. The van der Waals surface area contributed by atoms with Gasteiger partial charge in [0.1, 0.15) is 11.5 Å². The van der Waals surface area contributed by atoms with E-state index in [9.17, 15) is 14.7 Å². The van der Waals surface area contributed by atoms with Crippen LogP contribution in [0.25, 0.3) is 0 Å². The molecule has 1 atom stereocenters. The maximum absolute atomic E-state index is 13.6. The van der Waals surface area contributed by atoms with Gasteiger partial charge in [-0.2, -0.15) is 0 Å². The van der Waals surface area contributed by atoms with Gasteiger partial charge in [-0.05, 0) is 69.7 Å². The summed E-state index contributed by atoms with van der Waals surface area (Å²) in [5, 5.41) is 11.7. The molecule has 2 heterocycles. The fraction of sp³-hybridized carbons (Fsp3) is 0.269. The van der Waals surface area contributed by atoms with Crippen LogP contribution in [-0.2, 0) is 4.79 Å². The number of carbonyl (C=O) groups is 2. The molecule has 8 heteroatoms. The Labute approximate surface area is 202 Å². The summed E-state index contributed by atoms with van der Waals surface area (Å²) in [6, 6.07) is 13.4. The number of carbonyl (C=O) groups excluding carboxylic acids is 2. The predicted octanol–water partition coefficient (Wildman–Crippen LogP) is 5.34. The van der Waals surface area contributed by atoms with E-state index >= 15 is 0 Å². The van der Waals surface area contributed by atoms with Crippen molar-refractivity contribution in [3.05, 3.63) is 81.0 Å². The van der Waals surface area contributed by atoms with E-state index in [0.717, 1.165) is 5.01 Å². The van der Waals surface area contributed by atoms with Crippen molar-refractivity contribution in [1.29, 1.82) is 0 Å². The molecule has 0 bridgehead atoms. The first-order valence-corrected chi connectivity index (χ1v) is 11.9. The van der Waals surface area contributed by atoms with E-state index in [-0.39, 0.29) is 5.57 Å². The Morgan fingerprint density at radius 1 is 1.00 bits per heavy atom. The molecule has 0 fully saturated rings. The van der Waals surface area contributed by atoms with Gasteiger partial charge < -0.3 is 14.6 Å². The molecular weight excluding hydrogens is 452 g/mol. The van der Waals surface area contributed by atoms with Crippen molar-refractivity contribution < 1.29 is 24.2 Å². The quantitative estimate of drug-likeness (QED) is 0.440. The number of aliphatic hydroxyl groups is 1. The number of amides is 1. The minimum Gasteiger partial charge on any atom is -0.503 e. The number of hydrogen-bond acceptors (Lipinski definition) is 7. The minimum atomic E-state index is -0.810. The third kappa shape index (κ3) is 4.28. The summed E-state index contributed by atoms with van der Waals surface area (Å²) in [6.07, 6.45) is 0. The lowest BCUT2D eigenvalue weighted by Gasteiger charge is -2.27. The van der Waals surface area contributed by atoms with E-state index in [1.165, 1.54) is 16.2 Å². The summed E-state index contributed by atoms with van der Waals surface area (Å²) >= 11 is 1.25. The van der Waals surface area contributed by atoms with Crippen LogP contribution in [0.4, 0.5) is 5.69 Å². The van der Waals surface area contributed by atoms with Crippen LogP contribution in [0.5, 0.6) is 11.5 Å². The Hall–Kier alpha value is -3.65. The van der Waals surface area contributed by atoms with Crippen LogP contribution in [0.2, 0.25) is 0 Å². The van der Waals surface area contributed by atoms with Gasteiger partial charge in [0, 0.05) is 5.69 Å². The van der Waals surface area contributed by atoms with E-state index in [0.29, 0.717) is 46.5 Å². The highest BCUT2D eigenvalue weighted by Crippen LogP contribution is 2.43. The standard InChI is InChI=1S/C26H26N2O5S/c1-5-32-19-11-7-17(8-12-19)22-21(23(29)25-15(3)27-16(4)34-25)24(30)26(31)28(22)18-9-13-20(14-10-18)33-6-2/h7-14,22,30H,5-6H2,1-4H3. The lowest BCUT2D eigenvalue weighted by molar-refractivity contribution is -0.117. The molecule has 1 unspecified atom stereocenters. The number of anilines is 1. The molecule has 2 aromatic carbocycles. The average molecular weight is 479 g/mol. The van der Waals surface area contributed by atoms with Gasteiger partial charge in [0.15, 0.2) is 5.76 Å². The Morgan fingerprint density at radius 3 is 2.06 bits per heavy atom. The van der Waals surface area contributed by atoms with Crippen molar-refractivity contribution in [2.45, 2.75) is 33.7 Å². The van der Waals surface area contributed by atoms with Gasteiger partial charge in [-0.25, -0.2) is 4.98 Å². The maximum atomic E-state index is 13.6. The third-order valence-electron chi connectivity index (χ3n) is 5.50. The zero-order chi connectivity index (χ0) is 24.4. The second-order valence-corrected chi connectivity index (χ2v) is 8.95. The van der Waals surface area contributed by atoms with E-state index < -0.39 is 23.5 Å². The van der Waals surface area contributed by atoms with Gasteiger partial charge >= 0.3 is 0 Å². The monoisotopic (exact) mass is 478 g/mol. The third-order valence-corrected chi connectivity index (χ3v) is 6.57. The topological polar surface area (TPSA) is 89.0 Å². The van der Waals surface area contributed by atoms with Gasteiger partial charge in [0.2, 0.25) is 5.78 Å². The second-order valence-electron chi connectivity index (χ2n) is 7.75. The number of Topliss-reactive ketones (excluding diaryl/α,β-unsaturated/α-hetero) is 1. The largest absolute Gasteiger partial charge is 0.503 e. The summed E-state index contributed by atoms with van der Waals surface area (Å²) in [5.74, 6) is -0.243. The predicted molar refractivity (Wildman–Crippen MR) is 131 cm³/mol. The van der Waals surface area contributed by atoms with Crippen molar-refractivity contribution in [2.24, 2.45) is 0 Å². The fourth-order valence-corrected chi connectivity index (χ4v) is 4.94. The van der Waals surface area contributed by atoms with Crippen LogP contribution in [0, 0.1) is 13.8 Å². The zero-order valence-corrected chi connectivity index (χ0v) is 20.3. The van der Waals surface area contributed by atoms with Crippen LogP contribution in [0.15, 0.2) is 59.9 Å². The highest BCUT2D eigenvalue weighted by molar-refractivity contribution is 7.14. The molecule has 0 radical (unpaired) electrons. The molecule has 3 aromatic rings. The molecule has 0 aliphatic carbocycles. The Bertz CT molecular complexity index is 1250. The molecule has 1 amide bonds. The Morgan fingerprint density at radius 2 is 1.56 bits per heavy atom. The number of ketones is 1. The number of aromatic nitrogens is 1. The normalized spacial score (nSPS) is 15.7. The van der Waals surface area contributed by atoms with Crippen molar-refractivity contribution in [1.82, 2.24) is 4.98 Å². The Kier molecular flexibility index (Phi) is 6.70. The molecule has 0 saturated carbocycles. The van der Waals surface area contributed by atoms with Crippen LogP contribution in [0.3, 0.4) is 0 Å². The number of thiazole rings is 1. The molecule has 7 nitrogen and oxygen atoms in total. The number of aliphatic hydroxyl groups excluding tert-OH is 1. The summed E-state index contributed by atoms with van der Waals surface area (Å²) in [7, 11) is 0. The first-order valence-electron chi connectivity index (χ1n) is 11.1. The number of rotatable bonds is 8. The van der Waals surface area contributed by atoms with Gasteiger partial charge in [-0.3, -0.25) is 14.5 Å². The molecule has 0 saturated heterocycles. The molecule has 4 rings (SSSR count). The lowest BCUT2D eigenvalue weighted by atomic mass is 9.94. The van der Waals surface area contributed by atoms with Crippen LogP contribution >= 0.6 is 11.3 Å². The SMILES string of the molecule is CCOc1ccc(C2C(C(=O)c3sc(C)nc3C)=C(O)C(=O)N2c2ccc(OCC)cc2)cc1. The molecule has 1 N–H and O–H groups in total. The molecule has 1 aliphatic heterocycles. The fourth-order valence-electron chi connectivity index (χ4n) is 4.07. The minimum absolute atomic E-state index is 0.0368. The summed E-state index contributed by atoms with van der Waals surface area (Å²) in [6.45, 7) is 8.40. The van der Waals surface area contributed by atoms with Gasteiger partial charge in [-0.1, -0.05) is 12.1 Å². The molecule has 34 heavy (non-hydrogen) atoms. The van der Waals surface area contributed by atoms with Crippen LogP contribution < -0.4 is 14.4 Å². The van der Waals surface area contributed by atoms with Crippen LogP contribution in [0.1, 0.15) is 45.8 Å². The van der Waals surface area contributed by atoms with Crippen LogP contribution in [-0.4, -0.2) is 35.0 Å². The highest BCUT2D eigenvalue weighted by Gasteiger charge is 2.45. The van der Waals surface area contributed by atoms with Gasteiger partial charge in [0.05, 0.1) is 40.4 Å². The molecule has 176 valence electrons. The first-order chi connectivity index (χ1) is 16.3. The summed E-state index contributed by atoms with van der Waals surface area (Å²) < 4.78 is 11.1. The highest BCUT2D eigenvalue weighted by atomic mass is 32.1. The van der Waals surface area contributed by atoms with Crippen molar-refractivity contribution in [3.63, 3.8) is 0 Å². The average Bonchev–Trinajstić information content (AvgIpc) is 3.30. The number of hydrogen-bond donors (Lipinski definition) is 1. The van der Waals surface area contributed by atoms with E-state index in [2.05, 4.69) is 4.98 Å². The first kappa shape index (κ1) is 23.5. The smallest absolute Gasteiger partial charge is 0.294 e. The van der Waals surface area contributed by atoms with Crippen molar-refractivity contribution >= 4 is 28.7 Å². The summed E-state index contributed by atoms with van der Waals surface area (Å²) in [5.41, 5.74) is 1.83. The van der Waals surface area contributed by atoms with E-state index in [1.54, 1.807) is 55.5 Å². The zero-order valence-electron chi connectivity index (χ0n) is 19.5. The Balaban J connectivity index is 1.82. The van der Waals surface area contributed by atoms with E-state index in [4.69, 9.17) is 9.47 Å². The number of nitrogens with zero attached hydrogens (tertiary/aromatic N) is 2. The van der Waals surface area contributed by atoms with Crippen molar-refractivity contribution in [3.8, 4) is 11.5 Å². The molecule has 1 aromatic heterocycles. The molecule has 1 aliphatic rings. The molecule has 0 spiro atoms. The number of benzene rings is 2. The summed E-state index contributed by atoms with van der Waals surface area (Å²) in [4.78, 5) is 33.1. The van der Waals surface area contributed by atoms with E-state index in [1.807, 2.05) is 20.8 Å². The number of ether oxygens (including phenoxy) is 2. The van der Waals surface area contributed by atoms with Gasteiger partial charge in [0.25, 0.3) is 5.91 Å². The maximum Gasteiger partial charge on any atom is 0.294 e. The number of aryl methyl sites for hydroxylation is 2.